The molecule has 1 aliphatic carbocycles. The number of aryl methyl sites for hydroxylation is 1. The molecule has 1 nitrogen and oxygen atoms in total. The standard InChI is InChI=1S/C13H18BrN/c1-9(8-15)12-4-2-3-10-7-11(14)5-6-13(10)12/h5-7,9,12H,2-4,8,15H2,1H3. The van der Waals surface area contributed by atoms with Gasteiger partial charge in [0.05, 0.1) is 0 Å². The van der Waals surface area contributed by atoms with E-state index in [4.69, 9.17) is 5.73 Å². The van der Waals surface area contributed by atoms with Crippen molar-refractivity contribution < 1.29 is 0 Å². The number of rotatable bonds is 2. The molecule has 0 radical (unpaired) electrons. The Morgan fingerprint density at radius 2 is 2.33 bits per heavy atom. The van der Waals surface area contributed by atoms with Gasteiger partial charge in [-0.05, 0) is 60.9 Å². The molecule has 1 aromatic carbocycles. The van der Waals surface area contributed by atoms with Crippen LogP contribution in [-0.2, 0) is 6.42 Å². The van der Waals surface area contributed by atoms with Crippen LogP contribution in [0, 0.1) is 5.92 Å². The molecule has 1 aliphatic rings. The second-order valence-corrected chi connectivity index (χ2v) is 5.47. The van der Waals surface area contributed by atoms with Crippen molar-refractivity contribution in [2.24, 2.45) is 11.7 Å². The third-order valence-electron chi connectivity index (χ3n) is 3.52. The second kappa shape index (κ2) is 4.67. The summed E-state index contributed by atoms with van der Waals surface area (Å²) in [6.07, 6.45) is 3.83. The third-order valence-corrected chi connectivity index (χ3v) is 4.02. The van der Waals surface area contributed by atoms with Gasteiger partial charge in [-0.3, -0.25) is 0 Å². The molecule has 0 heterocycles. The average molecular weight is 268 g/mol. The summed E-state index contributed by atoms with van der Waals surface area (Å²) in [5.41, 5.74) is 8.83. The van der Waals surface area contributed by atoms with E-state index in [9.17, 15) is 0 Å². The van der Waals surface area contributed by atoms with Gasteiger partial charge in [-0.15, -0.1) is 0 Å². The third kappa shape index (κ3) is 2.26. The number of halogens is 1. The maximum Gasteiger partial charge on any atom is 0.0178 e. The Balaban J connectivity index is 2.34. The highest BCUT2D eigenvalue weighted by molar-refractivity contribution is 9.10. The first kappa shape index (κ1) is 11.2. The van der Waals surface area contributed by atoms with Crippen molar-refractivity contribution in [3.05, 3.63) is 33.8 Å². The minimum absolute atomic E-state index is 0.602. The summed E-state index contributed by atoms with van der Waals surface area (Å²) in [5.74, 6) is 1.28. The molecule has 2 unspecified atom stereocenters. The van der Waals surface area contributed by atoms with E-state index in [1.54, 1.807) is 0 Å². The minimum Gasteiger partial charge on any atom is -0.330 e. The van der Waals surface area contributed by atoms with Gasteiger partial charge in [0.2, 0.25) is 0 Å². The smallest absolute Gasteiger partial charge is 0.0178 e. The van der Waals surface area contributed by atoms with Crippen LogP contribution in [0.1, 0.15) is 36.8 Å². The van der Waals surface area contributed by atoms with Gasteiger partial charge in [-0.25, -0.2) is 0 Å². The lowest BCUT2D eigenvalue weighted by Gasteiger charge is -2.29. The molecule has 0 aromatic heterocycles. The van der Waals surface area contributed by atoms with Crippen molar-refractivity contribution in [1.29, 1.82) is 0 Å². The summed E-state index contributed by atoms with van der Waals surface area (Å²) in [5, 5.41) is 0. The van der Waals surface area contributed by atoms with Crippen LogP contribution in [0.4, 0.5) is 0 Å². The van der Waals surface area contributed by atoms with Crippen LogP contribution < -0.4 is 5.73 Å². The molecule has 1 aromatic rings. The van der Waals surface area contributed by atoms with Gasteiger partial charge < -0.3 is 5.73 Å². The summed E-state index contributed by atoms with van der Waals surface area (Å²) in [6.45, 7) is 3.06. The fourth-order valence-electron chi connectivity index (χ4n) is 2.58. The molecule has 82 valence electrons. The molecule has 2 rings (SSSR count). The highest BCUT2D eigenvalue weighted by Gasteiger charge is 2.24. The van der Waals surface area contributed by atoms with Gasteiger partial charge in [0, 0.05) is 4.47 Å². The Morgan fingerprint density at radius 3 is 3.07 bits per heavy atom. The number of fused-ring (bicyclic) bond motifs is 1. The minimum atomic E-state index is 0.602. The van der Waals surface area contributed by atoms with Crippen LogP contribution in [-0.4, -0.2) is 6.54 Å². The summed E-state index contributed by atoms with van der Waals surface area (Å²) in [7, 11) is 0. The molecule has 0 bridgehead atoms. The predicted octanol–water partition coefficient (Wildman–Crippen LogP) is 3.46. The van der Waals surface area contributed by atoms with Crippen LogP contribution in [0.25, 0.3) is 0 Å². The molecular weight excluding hydrogens is 250 g/mol. The fourth-order valence-corrected chi connectivity index (χ4v) is 2.98. The van der Waals surface area contributed by atoms with E-state index in [2.05, 4.69) is 41.1 Å². The lowest BCUT2D eigenvalue weighted by Crippen LogP contribution is -2.22. The number of hydrogen-bond acceptors (Lipinski definition) is 1. The van der Waals surface area contributed by atoms with E-state index in [0.29, 0.717) is 11.8 Å². The topological polar surface area (TPSA) is 26.0 Å². The summed E-state index contributed by atoms with van der Waals surface area (Å²) in [4.78, 5) is 0. The van der Waals surface area contributed by atoms with Gasteiger partial charge in [0.15, 0.2) is 0 Å². The average Bonchev–Trinajstić information content (AvgIpc) is 2.26. The molecule has 0 saturated heterocycles. The molecule has 0 amide bonds. The van der Waals surface area contributed by atoms with E-state index >= 15 is 0 Å². The number of nitrogens with two attached hydrogens (primary N) is 1. The van der Waals surface area contributed by atoms with Crippen LogP contribution in [0.3, 0.4) is 0 Å². The van der Waals surface area contributed by atoms with Crippen molar-refractivity contribution in [2.45, 2.75) is 32.1 Å². The lowest BCUT2D eigenvalue weighted by molar-refractivity contribution is 0.413. The Labute approximate surface area is 100 Å². The number of hydrogen-bond donors (Lipinski definition) is 1. The Kier molecular flexibility index (Phi) is 3.47. The first-order valence-corrected chi connectivity index (χ1v) is 6.50. The molecule has 2 N–H and O–H groups in total. The summed E-state index contributed by atoms with van der Waals surface area (Å²) < 4.78 is 1.20. The molecule has 2 atom stereocenters. The fraction of sp³-hybridized carbons (Fsp3) is 0.538. The van der Waals surface area contributed by atoms with Crippen LogP contribution in [0.2, 0.25) is 0 Å². The molecule has 15 heavy (non-hydrogen) atoms. The number of benzene rings is 1. The zero-order chi connectivity index (χ0) is 10.8. The molecule has 0 aliphatic heterocycles. The Hall–Kier alpha value is -0.340. The van der Waals surface area contributed by atoms with Gasteiger partial charge in [0.1, 0.15) is 0 Å². The van der Waals surface area contributed by atoms with E-state index in [1.807, 2.05) is 0 Å². The highest BCUT2D eigenvalue weighted by Crippen LogP contribution is 2.37. The molecule has 0 fully saturated rings. The molecular formula is C13H18BrN. The van der Waals surface area contributed by atoms with Gasteiger partial charge >= 0.3 is 0 Å². The maximum atomic E-state index is 5.78. The Bertz CT molecular complexity index is 348. The zero-order valence-corrected chi connectivity index (χ0v) is 10.8. The van der Waals surface area contributed by atoms with Crippen LogP contribution in [0.5, 0.6) is 0 Å². The van der Waals surface area contributed by atoms with Crippen molar-refractivity contribution in [3.8, 4) is 0 Å². The lowest BCUT2D eigenvalue weighted by atomic mass is 9.76. The molecule has 0 spiro atoms. The largest absolute Gasteiger partial charge is 0.330 e. The van der Waals surface area contributed by atoms with Gasteiger partial charge in [-0.2, -0.15) is 0 Å². The second-order valence-electron chi connectivity index (χ2n) is 4.55. The van der Waals surface area contributed by atoms with Crippen LogP contribution in [0.15, 0.2) is 22.7 Å². The van der Waals surface area contributed by atoms with Gasteiger partial charge in [0.25, 0.3) is 0 Å². The molecule has 2 heteroatoms. The first-order chi connectivity index (χ1) is 7.22. The van der Waals surface area contributed by atoms with Crippen molar-refractivity contribution in [1.82, 2.24) is 0 Å². The van der Waals surface area contributed by atoms with Crippen molar-refractivity contribution in [2.75, 3.05) is 6.54 Å². The Morgan fingerprint density at radius 1 is 1.53 bits per heavy atom. The SMILES string of the molecule is CC(CN)C1CCCc2cc(Br)ccc21. The van der Waals surface area contributed by atoms with E-state index in [-0.39, 0.29) is 0 Å². The van der Waals surface area contributed by atoms with E-state index in [0.717, 1.165) is 6.54 Å². The maximum absolute atomic E-state index is 5.78. The molecule has 0 saturated carbocycles. The monoisotopic (exact) mass is 267 g/mol. The summed E-state index contributed by atoms with van der Waals surface area (Å²) in [6, 6.07) is 6.69. The van der Waals surface area contributed by atoms with E-state index < -0.39 is 0 Å². The van der Waals surface area contributed by atoms with Gasteiger partial charge in [-0.1, -0.05) is 28.9 Å². The highest BCUT2D eigenvalue weighted by atomic mass is 79.9. The normalized spacial score (nSPS) is 22.2. The van der Waals surface area contributed by atoms with Crippen LogP contribution >= 0.6 is 15.9 Å². The predicted molar refractivity (Wildman–Crippen MR) is 68.0 cm³/mol. The zero-order valence-electron chi connectivity index (χ0n) is 9.17. The first-order valence-electron chi connectivity index (χ1n) is 5.70. The summed E-state index contributed by atoms with van der Waals surface area (Å²) >= 11 is 3.54. The van der Waals surface area contributed by atoms with Crippen molar-refractivity contribution in [3.63, 3.8) is 0 Å². The van der Waals surface area contributed by atoms with E-state index in [1.165, 1.54) is 34.9 Å². The van der Waals surface area contributed by atoms with Crippen molar-refractivity contribution >= 4 is 15.9 Å². The quantitative estimate of drug-likeness (QED) is 0.873.